The zero-order valence-electron chi connectivity index (χ0n) is 15.1. The summed E-state index contributed by atoms with van der Waals surface area (Å²) in [5, 5.41) is 13.7. The van der Waals surface area contributed by atoms with Crippen LogP contribution in [0.2, 0.25) is 0 Å². The van der Waals surface area contributed by atoms with Crippen LogP contribution in [0.25, 0.3) is 10.9 Å². The Morgan fingerprint density at radius 1 is 1.29 bits per heavy atom. The summed E-state index contributed by atoms with van der Waals surface area (Å²) in [4.78, 5) is 17.3. The summed E-state index contributed by atoms with van der Waals surface area (Å²) < 4.78 is 0. The fourth-order valence-corrected chi connectivity index (χ4v) is 3.00. The van der Waals surface area contributed by atoms with Crippen molar-refractivity contribution in [1.82, 2.24) is 15.2 Å². The average Bonchev–Trinajstić information content (AvgIpc) is 2.95. The van der Waals surface area contributed by atoms with Gasteiger partial charge >= 0.3 is 6.03 Å². The monoisotopic (exact) mass is 331 g/mol. The highest BCUT2D eigenvalue weighted by Gasteiger charge is 2.18. The Morgan fingerprint density at radius 3 is 2.67 bits per heavy atom. The van der Waals surface area contributed by atoms with Gasteiger partial charge in [0.2, 0.25) is 0 Å². The number of H-pyrrole nitrogens is 1. The smallest absolute Gasteiger partial charge is 0.317 e. The second kappa shape index (κ2) is 8.20. The molecule has 1 unspecified atom stereocenters. The van der Waals surface area contributed by atoms with Crippen LogP contribution < -0.4 is 5.32 Å². The number of benzene rings is 1. The van der Waals surface area contributed by atoms with Crippen LogP contribution >= 0.6 is 0 Å². The van der Waals surface area contributed by atoms with Crippen LogP contribution in [0.3, 0.4) is 0 Å². The third kappa shape index (κ3) is 4.29. The van der Waals surface area contributed by atoms with E-state index >= 15 is 0 Å². The number of amides is 2. The molecule has 0 radical (unpaired) electrons. The molecule has 0 fully saturated rings. The second-order valence-electron chi connectivity index (χ2n) is 6.58. The first-order valence-corrected chi connectivity index (χ1v) is 8.74. The Labute approximate surface area is 144 Å². The van der Waals surface area contributed by atoms with E-state index in [0.717, 1.165) is 12.8 Å². The van der Waals surface area contributed by atoms with Crippen molar-refractivity contribution in [2.75, 3.05) is 13.1 Å². The van der Waals surface area contributed by atoms with E-state index < -0.39 is 6.10 Å². The molecule has 5 nitrogen and oxygen atoms in total. The van der Waals surface area contributed by atoms with Gasteiger partial charge in [-0.25, -0.2) is 4.79 Å². The number of carbonyl (C=O) groups is 1. The number of aromatic amines is 1. The third-order valence-corrected chi connectivity index (χ3v) is 4.28. The Morgan fingerprint density at radius 2 is 2.04 bits per heavy atom. The molecule has 0 saturated carbocycles. The van der Waals surface area contributed by atoms with E-state index in [0.29, 0.717) is 13.1 Å². The molecule has 1 heterocycles. The quantitative estimate of drug-likeness (QED) is 0.730. The number of para-hydroxylation sites is 1. The van der Waals surface area contributed by atoms with Crippen LogP contribution in [0.5, 0.6) is 0 Å². The summed E-state index contributed by atoms with van der Waals surface area (Å²) in [7, 11) is 0. The Hall–Kier alpha value is -2.01. The summed E-state index contributed by atoms with van der Waals surface area (Å²) in [6, 6.07) is 6.27. The van der Waals surface area contributed by atoms with E-state index in [1.807, 2.05) is 20.0 Å². The van der Waals surface area contributed by atoms with Gasteiger partial charge in [-0.1, -0.05) is 25.1 Å². The summed E-state index contributed by atoms with van der Waals surface area (Å²) in [5.74, 6) is 0. The van der Waals surface area contributed by atoms with Gasteiger partial charge < -0.3 is 20.3 Å². The van der Waals surface area contributed by atoms with E-state index in [1.165, 1.54) is 22.0 Å². The lowest BCUT2D eigenvalue weighted by molar-refractivity contribution is 0.119. The highest BCUT2D eigenvalue weighted by molar-refractivity contribution is 5.86. The maximum atomic E-state index is 12.3. The molecule has 132 valence electrons. The van der Waals surface area contributed by atoms with Gasteiger partial charge in [0.25, 0.3) is 0 Å². The maximum Gasteiger partial charge on any atom is 0.317 e. The van der Waals surface area contributed by atoms with Crippen LogP contribution in [0.15, 0.2) is 24.4 Å². The van der Waals surface area contributed by atoms with Crippen LogP contribution in [0.4, 0.5) is 4.79 Å². The third-order valence-electron chi connectivity index (χ3n) is 4.28. The minimum Gasteiger partial charge on any atom is -0.392 e. The van der Waals surface area contributed by atoms with Crippen molar-refractivity contribution in [2.45, 2.75) is 52.7 Å². The van der Waals surface area contributed by atoms with E-state index in [1.54, 1.807) is 11.8 Å². The minimum atomic E-state index is -0.528. The lowest BCUT2D eigenvalue weighted by atomic mass is 10.1. The van der Waals surface area contributed by atoms with E-state index in [9.17, 15) is 9.90 Å². The Kier molecular flexibility index (Phi) is 6.26. The zero-order valence-corrected chi connectivity index (χ0v) is 15.1. The number of nitrogens with one attached hydrogen (secondary N) is 2. The molecule has 0 spiro atoms. The number of aromatic nitrogens is 1. The summed E-state index contributed by atoms with van der Waals surface area (Å²) >= 11 is 0. The largest absolute Gasteiger partial charge is 0.392 e. The molecule has 0 aliphatic carbocycles. The lowest BCUT2D eigenvalue weighted by Crippen LogP contribution is -2.47. The van der Waals surface area contributed by atoms with Crippen molar-refractivity contribution in [2.24, 2.45) is 0 Å². The molecule has 1 aromatic heterocycles. The zero-order chi connectivity index (χ0) is 17.7. The predicted octanol–water partition coefficient (Wildman–Crippen LogP) is 3.07. The van der Waals surface area contributed by atoms with E-state index in [4.69, 9.17) is 0 Å². The van der Waals surface area contributed by atoms with Gasteiger partial charge in [0, 0.05) is 36.2 Å². The number of fused-ring (bicyclic) bond motifs is 1. The number of hydrogen-bond donors (Lipinski definition) is 3. The van der Waals surface area contributed by atoms with Crippen LogP contribution in [-0.4, -0.2) is 46.3 Å². The van der Waals surface area contributed by atoms with Crippen molar-refractivity contribution in [3.63, 3.8) is 0 Å². The SMILES string of the molecule is CCc1cccc2c(CCNC(=O)N(CC(C)O)C(C)C)c[nH]c12. The molecule has 24 heavy (non-hydrogen) atoms. The molecule has 2 rings (SSSR count). The Bertz CT molecular complexity index is 676. The van der Waals surface area contributed by atoms with Gasteiger partial charge in [0.15, 0.2) is 0 Å². The summed E-state index contributed by atoms with van der Waals surface area (Å²) in [5.41, 5.74) is 3.72. The topological polar surface area (TPSA) is 68.4 Å². The van der Waals surface area contributed by atoms with Gasteiger partial charge in [-0.2, -0.15) is 0 Å². The minimum absolute atomic E-state index is 0.0554. The highest BCUT2D eigenvalue weighted by atomic mass is 16.3. The molecule has 2 amide bonds. The summed E-state index contributed by atoms with van der Waals surface area (Å²) in [6.45, 7) is 8.67. The van der Waals surface area contributed by atoms with Gasteiger partial charge in [0.1, 0.15) is 0 Å². The van der Waals surface area contributed by atoms with Crippen molar-refractivity contribution in [3.05, 3.63) is 35.5 Å². The first-order chi connectivity index (χ1) is 11.4. The van der Waals surface area contributed by atoms with Gasteiger partial charge in [-0.3, -0.25) is 0 Å². The summed E-state index contributed by atoms with van der Waals surface area (Å²) in [6.07, 6.45) is 3.28. The molecule has 0 saturated heterocycles. The molecule has 3 N–H and O–H groups in total. The van der Waals surface area contributed by atoms with E-state index in [2.05, 4.69) is 35.4 Å². The molecule has 2 aromatic rings. The Balaban J connectivity index is 1.98. The second-order valence-corrected chi connectivity index (χ2v) is 6.58. The van der Waals surface area contributed by atoms with Crippen molar-refractivity contribution in [1.29, 1.82) is 0 Å². The molecule has 0 aliphatic rings. The number of aliphatic hydroxyl groups is 1. The van der Waals surface area contributed by atoms with Gasteiger partial charge in [-0.05, 0) is 44.7 Å². The molecule has 1 atom stereocenters. The molecular formula is C19H29N3O2. The standard InChI is InChI=1S/C19H29N3O2/c1-5-15-7-6-8-17-16(11-21-18(15)17)9-10-20-19(24)22(13(2)3)12-14(4)23/h6-8,11,13-14,21,23H,5,9-10,12H2,1-4H3,(H,20,24). The van der Waals surface area contributed by atoms with Crippen molar-refractivity contribution >= 4 is 16.9 Å². The normalized spacial score (nSPS) is 12.6. The fraction of sp³-hybridized carbons (Fsp3) is 0.526. The predicted molar refractivity (Wildman–Crippen MR) is 98.3 cm³/mol. The van der Waals surface area contributed by atoms with Crippen LogP contribution in [0, 0.1) is 0 Å². The van der Waals surface area contributed by atoms with Crippen LogP contribution in [-0.2, 0) is 12.8 Å². The number of hydrogen-bond acceptors (Lipinski definition) is 2. The number of urea groups is 1. The highest BCUT2D eigenvalue weighted by Crippen LogP contribution is 2.22. The lowest BCUT2D eigenvalue weighted by Gasteiger charge is -2.28. The molecule has 5 heteroatoms. The average molecular weight is 331 g/mol. The van der Waals surface area contributed by atoms with E-state index in [-0.39, 0.29) is 12.1 Å². The molecular weight excluding hydrogens is 302 g/mol. The number of aryl methyl sites for hydroxylation is 1. The molecule has 1 aromatic carbocycles. The first-order valence-electron chi connectivity index (χ1n) is 8.74. The number of carbonyl (C=O) groups excluding carboxylic acids is 1. The number of nitrogens with zero attached hydrogens (tertiary/aromatic N) is 1. The van der Waals surface area contributed by atoms with Crippen molar-refractivity contribution in [3.8, 4) is 0 Å². The first kappa shape index (κ1) is 18.3. The molecule has 0 bridgehead atoms. The van der Waals surface area contributed by atoms with Crippen molar-refractivity contribution < 1.29 is 9.90 Å². The maximum absolute atomic E-state index is 12.3. The van der Waals surface area contributed by atoms with Crippen LogP contribution in [0.1, 0.15) is 38.8 Å². The number of rotatable bonds is 7. The van der Waals surface area contributed by atoms with Gasteiger partial charge in [-0.15, -0.1) is 0 Å². The van der Waals surface area contributed by atoms with Gasteiger partial charge in [0.05, 0.1) is 6.10 Å². The fourth-order valence-electron chi connectivity index (χ4n) is 3.00. The molecule has 0 aliphatic heterocycles. The number of aliphatic hydroxyl groups excluding tert-OH is 1.